The van der Waals surface area contributed by atoms with E-state index in [-0.39, 0.29) is 0 Å². The number of carbonyl (C=O) groups is 1. The van der Waals surface area contributed by atoms with E-state index < -0.39 is 22.0 Å². The minimum Gasteiger partial charge on any atom is -0.493 e. The first-order valence-corrected chi connectivity index (χ1v) is 11.1. The molecule has 1 unspecified atom stereocenters. The number of aryl methyl sites for hydroxylation is 2. The fourth-order valence-electron chi connectivity index (χ4n) is 3.06. The lowest BCUT2D eigenvalue weighted by Crippen LogP contribution is -2.47. The topological polar surface area (TPSA) is 84.9 Å². The molecule has 0 bridgehead atoms. The van der Waals surface area contributed by atoms with Crippen molar-refractivity contribution in [3.05, 3.63) is 47.5 Å². The Morgan fingerprint density at radius 3 is 2.21 bits per heavy atom. The van der Waals surface area contributed by atoms with Crippen LogP contribution in [0.2, 0.25) is 0 Å². The van der Waals surface area contributed by atoms with E-state index in [0.717, 1.165) is 17.4 Å². The molecule has 0 fully saturated rings. The summed E-state index contributed by atoms with van der Waals surface area (Å²) in [6.07, 6.45) is 1.41. The van der Waals surface area contributed by atoms with E-state index in [1.165, 1.54) is 18.5 Å². The molecule has 0 aromatic heterocycles. The summed E-state index contributed by atoms with van der Waals surface area (Å²) in [6, 6.07) is 9.42. The molecule has 29 heavy (non-hydrogen) atoms. The Hall–Kier alpha value is -2.74. The number of hydrogen-bond acceptors (Lipinski definition) is 5. The van der Waals surface area contributed by atoms with Gasteiger partial charge in [-0.15, -0.1) is 0 Å². The average molecular weight is 421 g/mol. The van der Waals surface area contributed by atoms with Gasteiger partial charge < -0.3 is 14.8 Å². The summed E-state index contributed by atoms with van der Waals surface area (Å²) in [5.74, 6) is 0.571. The highest BCUT2D eigenvalue weighted by atomic mass is 32.2. The summed E-state index contributed by atoms with van der Waals surface area (Å²) < 4.78 is 36.8. The Balaban J connectivity index is 2.39. The molecule has 0 saturated carbocycles. The lowest BCUT2D eigenvalue weighted by molar-refractivity contribution is -0.117. The Morgan fingerprint density at radius 1 is 1.03 bits per heavy atom. The van der Waals surface area contributed by atoms with Gasteiger partial charge >= 0.3 is 0 Å². The number of anilines is 2. The first-order chi connectivity index (χ1) is 13.6. The van der Waals surface area contributed by atoms with E-state index in [0.29, 0.717) is 29.3 Å². The van der Waals surface area contributed by atoms with Gasteiger partial charge in [0.05, 0.1) is 26.2 Å². The third-order valence-electron chi connectivity index (χ3n) is 4.73. The summed E-state index contributed by atoms with van der Waals surface area (Å²) in [5, 5.41) is 2.79. The first kappa shape index (κ1) is 22.5. The summed E-state index contributed by atoms with van der Waals surface area (Å²) in [6.45, 7) is 5.63. The highest BCUT2D eigenvalue weighted by Gasteiger charge is 2.31. The monoisotopic (exact) mass is 420 g/mol. The van der Waals surface area contributed by atoms with Gasteiger partial charge in [-0.05, 0) is 55.7 Å². The number of amides is 1. The fraction of sp³-hybridized carbons (Fsp3) is 0.381. The van der Waals surface area contributed by atoms with Crippen molar-refractivity contribution in [1.29, 1.82) is 0 Å². The van der Waals surface area contributed by atoms with Crippen molar-refractivity contribution in [1.82, 2.24) is 0 Å². The zero-order valence-corrected chi connectivity index (χ0v) is 18.5. The molecule has 0 aliphatic heterocycles. The smallest absolute Gasteiger partial charge is 0.248 e. The van der Waals surface area contributed by atoms with Gasteiger partial charge in [-0.1, -0.05) is 13.0 Å². The molecule has 0 spiro atoms. The van der Waals surface area contributed by atoms with Crippen molar-refractivity contribution in [3.8, 4) is 11.5 Å². The van der Waals surface area contributed by atoms with E-state index in [1.807, 2.05) is 19.9 Å². The average Bonchev–Trinajstić information content (AvgIpc) is 2.67. The van der Waals surface area contributed by atoms with Gasteiger partial charge in [-0.3, -0.25) is 9.10 Å². The lowest BCUT2D eigenvalue weighted by atomic mass is 10.1. The molecule has 1 atom stereocenters. The van der Waals surface area contributed by atoms with Crippen LogP contribution >= 0.6 is 0 Å². The molecule has 0 saturated heterocycles. The molecule has 8 heteroatoms. The lowest BCUT2D eigenvalue weighted by Gasteiger charge is -2.30. The van der Waals surface area contributed by atoms with E-state index in [4.69, 9.17) is 9.47 Å². The number of methoxy groups -OCH3 is 2. The van der Waals surface area contributed by atoms with E-state index in [2.05, 4.69) is 5.32 Å². The van der Waals surface area contributed by atoms with Crippen molar-refractivity contribution >= 4 is 27.3 Å². The largest absolute Gasteiger partial charge is 0.493 e. The minimum atomic E-state index is -3.69. The maximum Gasteiger partial charge on any atom is 0.248 e. The molecule has 0 aliphatic rings. The molecule has 0 radical (unpaired) electrons. The molecular weight excluding hydrogens is 392 g/mol. The second-order valence-corrected chi connectivity index (χ2v) is 8.67. The maximum atomic E-state index is 13.0. The first-order valence-electron chi connectivity index (χ1n) is 9.21. The quantitative estimate of drug-likeness (QED) is 0.706. The normalized spacial score (nSPS) is 12.2. The van der Waals surface area contributed by atoms with Gasteiger partial charge in [0.2, 0.25) is 15.9 Å². The van der Waals surface area contributed by atoms with Crippen LogP contribution in [0.15, 0.2) is 36.4 Å². The predicted molar refractivity (Wildman–Crippen MR) is 115 cm³/mol. The van der Waals surface area contributed by atoms with Gasteiger partial charge in [-0.2, -0.15) is 0 Å². The number of sulfonamides is 1. The van der Waals surface area contributed by atoms with Crippen LogP contribution in [0.3, 0.4) is 0 Å². The van der Waals surface area contributed by atoms with Crippen molar-refractivity contribution in [2.75, 3.05) is 30.1 Å². The second kappa shape index (κ2) is 9.17. The highest BCUT2D eigenvalue weighted by Crippen LogP contribution is 2.30. The number of nitrogens with zero attached hydrogens (tertiary/aromatic N) is 1. The number of nitrogens with one attached hydrogen (secondary N) is 1. The number of rotatable bonds is 8. The highest BCUT2D eigenvalue weighted by molar-refractivity contribution is 7.92. The molecule has 1 amide bonds. The maximum absolute atomic E-state index is 13.0. The van der Waals surface area contributed by atoms with Crippen molar-refractivity contribution in [2.45, 2.75) is 33.2 Å². The summed E-state index contributed by atoms with van der Waals surface area (Å²) in [7, 11) is -0.664. The standard InChI is InChI=1S/C21H28N2O5S/c1-7-18(21(24)22-16-9-11-19(27-4)20(13-16)28-5)23(29(6,25)26)17-10-8-14(2)15(3)12-17/h8-13,18H,7H2,1-6H3,(H,22,24). The Kier molecular flexibility index (Phi) is 7.13. The zero-order chi connectivity index (χ0) is 21.8. The van der Waals surface area contributed by atoms with Gasteiger partial charge in [0, 0.05) is 11.8 Å². The SMILES string of the molecule is CCC(C(=O)Nc1ccc(OC)c(OC)c1)N(c1ccc(C)c(C)c1)S(C)(=O)=O. The molecule has 2 aromatic carbocycles. The molecule has 2 rings (SSSR count). The molecule has 2 aromatic rings. The molecule has 0 aliphatic carbocycles. The van der Waals surface area contributed by atoms with E-state index in [1.54, 1.807) is 37.3 Å². The Morgan fingerprint density at radius 2 is 1.69 bits per heavy atom. The van der Waals surface area contributed by atoms with Gasteiger partial charge in [0.25, 0.3) is 0 Å². The molecule has 1 N–H and O–H groups in total. The minimum absolute atomic E-state index is 0.305. The Labute approximate surface area is 172 Å². The second-order valence-electron chi connectivity index (χ2n) is 6.81. The number of carbonyl (C=O) groups excluding carboxylic acids is 1. The van der Waals surface area contributed by atoms with Crippen molar-refractivity contribution < 1.29 is 22.7 Å². The Bertz CT molecular complexity index is 989. The van der Waals surface area contributed by atoms with Crippen LogP contribution in [0, 0.1) is 13.8 Å². The molecule has 7 nitrogen and oxygen atoms in total. The van der Waals surface area contributed by atoms with Gasteiger partial charge in [0.15, 0.2) is 11.5 Å². The van der Waals surface area contributed by atoms with Crippen LogP contribution in [0.25, 0.3) is 0 Å². The van der Waals surface area contributed by atoms with Gasteiger partial charge in [-0.25, -0.2) is 8.42 Å². The zero-order valence-electron chi connectivity index (χ0n) is 17.6. The number of ether oxygens (including phenoxy) is 2. The van der Waals surface area contributed by atoms with Crippen molar-refractivity contribution in [2.24, 2.45) is 0 Å². The van der Waals surface area contributed by atoms with Crippen LogP contribution in [-0.2, 0) is 14.8 Å². The third-order valence-corrected chi connectivity index (χ3v) is 5.91. The third kappa shape index (κ3) is 5.20. The van der Waals surface area contributed by atoms with E-state index >= 15 is 0 Å². The summed E-state index contributed by atoms with van der Waals surface area (Å²) in [4.78, 5) is 13.0. The van der Waals surface area contributed by atoms with Crippen LogP contribution in [-0.4, -0.2) is 40.8 Å². The van der Waals surface area contributed by atoms with Crippen LogP contribution < -0.4 is 19.1 Å². The molecular formula is C21H28N2O5S. The van der Waals surface area contributed by atoms with Crippen molar-refractivity contribution in [3.63, 3.8) is 0 Å². The predicted octanol–water partition coefficient (Wildman–Crippen LogP) is 3.50. The van der Waals surface area contributed by atoms with Crippen LogP contribution in [0.4, 0.5) is 11.4 Å². The number of hydrogen-bond donors (Lipinski definition) is 1. The summed E-state index contributed by atoms with van der Waals surface area (Å²) >= 11 is 0. The van der Waals surface area contributed by atoms with E-state index in [9.17, 15) is 13.2 Å². The van der Waals surface area contributed by atoms with Crippen LogP contribution in [0.1, 0.15) is 24.5 Å². The summed E-state index contributed by atoms with van der Waals surface area (Å²) in [5.41, 5.74) is 2.95. The van der Waals surface area contributed by atoms with Gasteiger partial charge in [0.1, 0.15) is 6.04 Å². The molecule has 0 heterocycles. The fourth-order valence-corrected chi connectivity index (χ4v) is 4.27. The molecule has 158 valence electrons. The van der Waals surface area contributed by atoms with Crippen LogP contribution in [0.5, 0.6) is 11.5 Å². The number of benzene rings is 2.